The Kier molecular flexibility index (Phi) is 5.65. The van der Waals surface area contributed by atoms with Gasteiger partial charge in [0, 0.05) is 12.8 Å². The fourth-order valence-corrected chi connectivity index (χ4v) is 1.61. The molecule has 2 nitrogen and oxygen atoms in total. The minimum Gasteiger partial charge on any atom is -0.350 e. The summed E-state index contributed by atoms with van der Waals surface area (Å²) < 4.78 is 0. The zero-order valence-electron chi connectivity index (χ0n) is 9.32. The van der Waals surface area contributed by atoms with E-state index in [4.69, 9.17) is 11.6 Å². The van der Waals surface area contributed by atoms with E-state index in [2.05, 4.69) is 5.32 Å². The normalized spacial score (nSPS) is 12.6. The number of carbonyl (C=O) groups excluding carboxylic acids is 1. The van der Waals surface area contributed by atoms with Gasteiger partial charge in [-0.05, 0) is 12.0 Å². The van der Waals surface area contributed by atoms with Crippen molar-refractivity contribution in [2.24, 2.45) is 0 Å². The van der Waals surface area contributed by atoms with Crippen LogP contribution < -0.4 is 5.32 Å². The van der Waals surface area contributed by atoms with E-state index in [0.29, 0.717) is 5.88 Å². The van der Waals surface area contributed by atoms with Crippen molar-refractivity contribution in [3.63, 3.8) is 0 Å². The van der Waals surface area contributed by atoms with Crippen molar-refractivity contribution in [2.45, 2.75) is 19.4 Å². The van der Waals surface area contributed by atoms with E-state index in [1.54, 1.807) is 0 Å². The second-order valence-corrected chi connectivity index (χ2v) is 3.89. The van der Waals surface area contributed by atoms with E-state index in [1.807, 2.05) is 42.5 Å². The molecule has 0 saturated carbocycles. The van der Waals surface area contributed by atoms with Crippen LogP contribution in [0, 0.1) is 0 Å². The molecule has 0 fully saturated rings. The molecule has 1 aromatic carbocycles. The number of rotatable bonds is 5. The first-order chi connectivity index (χ1) is 7.72. The quantitative estimate of drug-likeness (QED) is 0.619. The second-order valence-electron chi connectivity index (χ2n) is 3.58. The highest BCUT2D eigenvalue weighted by atomic mass is 35.5. The largest absolute Gasteiger partial charge is 0.350 e. The average Bonchev–Trinajstić information content (AvgIpc) is 2.26. The third kappa shape index (κ3) is 4.99. The van der Waals surface area contributed by atoms with Crippen LogP contribution in [0.3, 0.4) is 0 Å². The Morgan fingerprint density at radius 3 is 2.69 bits per heavy atom. The fraction of sp³-hybridized carbons (Fsp3) is 0.308. The summed E-state index contributed by atoms with van der Waals surface area (Å²) in [7, 11) is 0. The van der Waals surface area contributed by atoms with Crippen molar-refractivity contribution < 1.29 is 4.79 Å². The van der Waals surface area contributed by atoms with E-state index in [0.717, 1.165) is 6.42 Å². The Balaban J connectivity index is 2.63. The number of hydrogen-bond acceptors (Lipinski definition) is 1. The summed E-state index contributed by atoms with van der Waals surface area (Å²) in [4.78, 5) is 11.0. The first kappa shape index (κ1) is 12.8. The van der Waals surface area contributed by atoms with Crippen LogP contribution in [0.25, 0.3) is 0 Å². The summed E-state index contributed by atoms with van der Waals surface area (Å²) in [5.74, 6) is 0.436. The predicted molar refractivity (Wildman–Crippen MR) is 67.6 cm³/mol. The molecule has 1 aromatic rings. The Morgan fingerprint density at radius 1 is 1.44 bits per heavy atom. The fourth-order valence-electron chi connectivity index (χ4n) is 1.51. The zero-order valence-corrected chi connectivity index (χ0v) is 10.1. The van der Waals surface area contributed by atoms with Crippen molar-refractivity contribution in [2.75, 3.05) is 5.88 Å². The van der Waals surface area contributed by atoms with E-state index >= 15 is 0 Å². The van der Waals surface area contributed by atoms with Gasteiger partial charge in [0.1, 0.15) is 0 Å². The van der Waals surface area contributed by atoms with E-state index in [-0.39, 0.29) is 11.9 Å². The molecule has 0 aliphatic heterocycles. The van der Waals surface area contributed by atoms with Crippen LogP contribution in [-0.4, -0.2) is 17.8 Å². The molecular formula is C13H16ClNO. The van der Waals surface area contributed by atoms with Gasteiger partial charge in [-0.2, -0.15) is 0 Å². The van der Waals surface area contributed by atoms with Gasteiger partial charge < -0.3 is 5.32 Å². The van der Waals surface area contributed by atoms with Crippen molar-refractivity contribution in [3.8, 4) is 0 Å². The van der Waals surface area contributed by atoms with E-state index < -0.39 is 0 Å². The van der Waals surface area contributed by atoms with Gasteiger partial charge >= 0.3 is 0 Å². The van der Waals surface area contributed by atoms with Gasteiger partial charge in [0.05, 0.1) is 6.04 Å². The molecule has 0 spiro atoms. The van der Waals surface area contributed by atoms with Gasteiger partial charge in [-0.3, -0.25) is 4.79 Å². The maximum absolute atomic E-state index is 11.0. The third-order valence-electron chi connectivity index (χ3n) is 2.14. The van der Waals surface area contributed by atoms with Gasteiger partial charge in [-0.1, -0.05) is 42.5 Å². The number of alkyl halides is 1. The lowest BCUT2D eigenvalue weighted by Crippen LogP contribution is -2.33. The minimum atomic E-state index is -0.0276. The van der Waals surface area contributed by atoms with Crippen LogP contribution in [-0.2, 0) is 11.2 Å². The molecule has 1 rings (SSSR count). The number of nitrogens with one attached hydrogen (secondary N) is 1. The predicted octanol–water partition coefficient (Wildman–Crippen LogP) is 2.53. The standard InChI is InChI=1S/C13H16ClNO/c1-11(16)15-13(8-5-9-14)10-12-6-3-2-4-7-12/h2-8,13H,9-10H2,1H3,(H,15,16)/b8-5+/t13-/m1/s1. The molecule has 3 heteroatoms. The Labute approximate surface area is 101 Å². The molecule has 1 amide bonds. The molecule has 0 heterocycles. The molecular weight excluding hydrogens is 222 g/mol. The van der Waals surface area contributed by atoms with Crippen molar-refractivity contribution in [1.82, 2.24) is 5.32 Å². The first-order valence-corrected chi connectivity index (χ1v) is 5.79. The first-order valence-electron chi connectivity index (χ1n) is 5.26. The summed E-state index contributed by atoms with van der Waals surface area (Å²) in [5, 5.41) is 2.88. The third-order valence-corrected chi connectivity index (χ3v) is 2.32. The van der Waals surface area contributed by atoms with Crippen LogP contribution in [0.15, 0.2) is 42.5 Å². The van der Waals surface area contributed by atoms with Gasteiger partial charge in [0.15, 0.2) is 0 Å². The molecule has 0 aromatic heterocycles. The van der Waals surface area contributed by atoms with Gasteiger partial charge in [0.2, 0.25) is 5.91 Å². The monoisotopic (exact) mass is 237 g/mol. The second kappa shape index (κ2) is 7.07. The van der Waals surface area contributed by atoms with Crippen molar-refractivity contribution in [1.29, 1.82) is 0 Å². The van der Waals surface area contributed by atoms with Crippen LogP contribution in [0.5, 0.6) is 0 Å². The van der Waals surface area contributed by atoms with Crippen molar-refractivity contribution in [3.05, 3.63) is 48.0 Å². The number of benzene rings is 1. The summed E-state index contributed by atoms with van der Waals surface area (Å²) in [6.45, 7) is 1.52. The lowest BCUT2D eigenvalue weighted by molar-refractivity contribution is -0.119. The number of carbonyl (C=O) groups is 1. The van der Waals surface area contributed by atoms with E-state index in [1.165, 1.54) is 12.5 Å². The Morgan fingerprint density at radius 2 is 2.12 bits per heavy atom. The van der Waals surface area contributed by atoms with Crippen LogP contribution >= 0.6 is 11.6 Å². The average molecular weight is 238 g/mol. The highest BCUT2D eigenvalue weighted by Crippen LogP contribution is 2.04. The summed E-state index contributed by atoms with van der Waals surface area (Å²) in [6, 6.07) is 10.1. The summed E-state index contributed by atoms with van der Waals surface area (Å²) >= 11 is 5.59. The lowest BCUT2D eigenvalue weighted by atomic mass is 10.1. The number of amides is 1. The van der Waals surface area contributed by atoms with Gasteiger partial charge in [-0.25, -0.2) is 0 Å². The molecule has 86 valence electrons. The van der Waals surface area contributed by atoms with E-state index in [9.17, 15) is 4.79 Å². The molecule has 1 N–H and O–H groups in total. The molecule has 0 aliphatic carbocycles. The van der Waals surface area contributed by atoms with Gasteiger partial charge in [-0.15, -0.1) is 11.6 Å². The lowest BCUT2D eigenvalue weighted by Gasteiger charge is -2.13. The summed E-state index contributed by atoms with van der Waals surface area (Å²) in [6.07, 6.45) is 4.57. The number of allylic oxidation sites excluding steroid dienone is 1. The topological polar surface area (TPSA) is 29.1 Å². The molecule has 1 atom stereocenters. The van der Waals surface area contributed by atoms with Crippen LogP contribution in [0.4, 0.5) is 0 Å². The smallest absolute Gasteiger partial charge is 0.217 e. The Hall–Kier alpha value is -1.28. The van der Waals surface area contributed by atoms with Crippen molar-refractivity contribution >= 4 is 17.5 Å². The molecule has 0 aliphatic rings. The maximum Gasteiger partial charge on any atom is 0.217 e. The summed E-state index contributed by atoms with van der Waals surface area (Å²) in [5.41, 5.74) is 1.19. The highest BCUT2D eigenvalue weighted by Gasteiger charge is 2.06. The zero-order chi connectivity index (χ0) is 11.8. The highest BCUT2D eigenvalue weighted by molar-refractivity contribution is 6.18. The van der Waals surface area contributed by atoms with Gasteiger partial charge in [0.25, 0.3) is 0 Å². The number of halogens is 1. The SMILES string of the molecule is CC(=O)N[C@H](/C=C/CCl)Cc1ccccc1. The Bertz CT molecular complexity index is 348. The molecule has 0 saturated heterocycles. The maximum atomic E-state index is 11.0. The molecule has 0 radical (unpaired) electrons. The molecule has 0 unspecified atom stereocenters. The minimum absolute atomic E-state index is 0.0126. The molecule has 16 heavy (non-hydrogen) atoms. The van der Waals surface area contributed by atoms with Crippen LogP contribution in [0.2, 0.25) is 0 Å². The molecule has 0 bridgehead atoms. The van der Waals surface area contributed by atoms with Crippen LogP contribution in [0.1, 0.15) is 12.5 Å². The number of hydrogen-bond donors (Lipinski definition) is 1.